The maximum Gasteiger partial charge on any atom is 0.246 e. The minimum atomic E-state index is -3.58. The van der Waals surface area contributed by atoms with E-state index in [1.54, 1.807) is 60.4 Å². The van der Waals surface area contributed by atoms with Crippen LogP contribution in [0.5, 0.6) is 0 Å². The summed E-state index contributed by atoms with van der Waals surface area (Å²) in [6.45, 7) is 2.79. The van der Waals surface area contributed by atoms with Crippen LogP contribution in [-0.2, 0) is 14.8 Å². The molecule has 10 heteroatoms. The molecule has 2 aromatic carbocycles. The number of piperazine rings is 1. The third-order valence-corrected chi connectivity index (χ3v) is 7.72. The Morgan fingerprint density at radius 2 is 1.67 bits per heavy atom. The zero-order chi connectivity index (χ0) is 23.6. The number of carbonyl (C=O) groups is 1. The molecule has 4 rings (SSSR count). The lowest BCUT2D eigenvalue weighted by molar-refractivity contribution is -0.127. The monoisotopic (exact) mass is 488 g/mol. The van der Waals surface area contributed by atoms with Gasteiger partial charge in [0.2, 0.25) is 15.9 Å². The lowest BCUT2D eigenvalue weighted by Crippen LogP contribution is -2.50. The first-order valence-electron chi connectivity index (χ1n) is 10.3. The fourth-order valence-corrected chi connectivity index (χ4v) is 5.38. The van der Waals surface area contributed by atoms with Gasteiger partial charge in [-0.25, -0.2) is 17.5 Å². The van der Waals surface area contributed by atoms with Gasteiger partial charge in [-0.2, -0.15) is 9.40 Å². The Kier molecular flexibility index (Phi) is 6.64. The molecule has 0 bridgehead atoms. The van der Waals surface area contributed by atoms with Crippen molar-refractivity contribution in [2.75, 3.05) is 26.2 Å². The average molecular weight is 489 g/mol. The molecular weight excluding hydrogens is 467 g/mol. The molecule has 3 aromatic rings. The summed E-state index contributed by atoms with van der Waals surface area (Å²) >= 11 is 6.46. The molecule has 1 fully saturated rings. The highest BCUT2D eigenvalue weighted by Crippen LogP contribution is 2.25. The Hall–Kier alpha value is -3.01. The molecule has 7 nitrogen and oxygen atoms in total. The number of benzene rings is 2. The van der Waals surface area contributed by atoms with E-state index in [0.29, 0.717) is 22.1 Å². The van der Waals surface area contributed by atoms with E-state index in [4.69, 9.17) is 11.6 Å². The number of amides is 1. The quantitative estimate of drug-likeness (QED) is 0.515. The maximum absolute atomic E-state index is 13.2. The molecule has 33 heavy (non-hydrogen) atoms. The van der Waals surface area contributed by atoms with Crippen molar-refractivity contribution in [3.05, 3.63) is 82.9 Å². The molecule has 0 spiro atoms. The van der Waals surface area contributed by atoms with Crippen molar-refractivity contribution in [1.82, 2.24) is 19.0 Å². The van der Waals surface area contributed by atoms with Crippen LogP contribution in [0.4, 0.5) is 4.39 Å². The summed E-state index contributed by atoms with van der Waals surface area (Å²) in [5.41, 5.74) is 1.80. The largest absolute Gasteiger partial charge is 0.337 e. The van der Waals surface area contributed by atoms with Gasteiger partial charge in [0.1, 0.15) is 11.0 Å². The standard InChI is InChI=1S/C23H22ClFN4O3S/c1-17-21(23(24)29(26-17)19-9-7-18(25)8-10-19)11-12-22(30)27-13-15-28(16-14-27)33(31,32)20-5-3-2-4-6-20/h2-12H,13-16H2,1H3/b12-11+. The second-order valence-electron chi connectivity index (χ2n) is 7.55. The number of hydrogen-bond donors (Lipinski definition) is 0. The van der Waals surface area contributed by atoms with Gasteiger partial charge in [-0.15, -0.1) is 0 Å². The SMILES string of the molecule is Cc1nn(-c2ccc(F)cc2)c(Cl)c1/C=C/C(=O)N1CCN(S(=O)(=O)c2ccccc2)CC1. The minimum Gasteiger partial charge on any atom is -0.337 e. The molecule has 0 saturated carbocycles. The molecule has 1 aliphatic heterocycles. The number of sulfonamides is 1. The van der Waals surface area contributed by atoms with Gasteiger partial charge in [0.25, 0.3) is 0 Å². The van der Waals surface area contributed by atoms with Gasteiger partial charge in [0.05, 0.1) is 16.3 Å². The molecule has 0 radical (unpaired) electrons. The van der Waals surface area contributed by atoms with Crippen LogP contribution in [0.15, 0.2) is 65.6 Å². The predicted octanol–water partition coefficient (Wildman–Crippen LogP) is 3.52. The number of aromatic nitrogens is 2. The second-order valence-corrected chi connectivity index (χ2v) is 9.85. The number of nitrogens with zero attached hydrogens (tertiary/aromatic N) is 4. The van der Waals surface area contributed by atoms with Crippen LogP contribution < -0.4 is 0 Å². The van der Waals surface area contributed by atoms with Crippen LogP contribution in [0, 0.1) is 12.7 Å². The van der Waals surface area contributed by atoms with Crippen molar-refractivity contribution in [1.29, 1.82) is 0 Å². The molecule has 1 aromatic heterocycles. The average Bonchev–Trinajstić information content (AvgIpc) is 3.11. The van der Waals surface area contributed by atoms with Gasteiger partial charge in [0, 0.05) is 37.8 Å². The fraction of sp³-hybridized carbons (Fsp3) is 0.217. The van der Waals surface area contributed by atoms with Crippen LogP contribution in [0.2, 0.25) is 5.15 Å². The van der Waals surface area contributed by atoms with Crippen LogP contribution in [0.1, 0.15) is 11.3 Å². The summed E-state index contributed by atoms with van der Waals surface area (Å²) < 4.78 is 41.6. The van der Waals surface area contributed by atoms with Crippen molar-refractivity contribution in [2.24, 2.45) is 0 Å². The van der Waals surface area contributed by atoms with Gasteiger partial charge in [0.15, 0.2) is 0 Å². The topological polar surface area (TPSA) is 75.5 Å². The fourth-order valence-electron chi connectivity index (χ4n) is 3.60. The lowest BCUT2D eigenvalue weighted by atomic mass is 10.2. The maximum atomic E-state index is 13.2. The Bertz CT molecular complexity index is 1280. The molecular formula is C23H22ClFN4O3S. The van der Waals surface area contributed by atoms with Crippen molar-refractivity contribution in [3.63, 3.8) is 0 Å². The lowest BCUT2D eigenvalue weighted by Gasteiger charge is -2.33. The van der Waals surface area contributed by atoms with Crippen LogP contribution in [0.3, 0.4) is 0 Å². The highest BCUT2D eigenvalue weighted by atomic mass is 35.5. The summed E-state index contributed by atoms with van der Waals surface area (Å²) in [5.74, 6) is -0.599. The van der Waals surface area contributed by atoms with E-state index < -0.39 is 10.0 Å². The van der Waals surface area contributed by atoms with Gasteiger partial charge >= 0.3 is 0 Å². The number of halogens is 2. The Labute approximate surface area is 196 Å². The van der Waals surface area contributed by atoms with E-state index in [0.717, 1.165) is 0 Å². The summed E-state index contributed by atoms with van der Waals surface area (Å²) in [6, 6.07) is 14.0. The zero-order valence-corrected chi connectivity index (χ0v) is 19.4. The summed E-state index contributed by atoms with van der Waals surface area (Å²) in [5, 5.41) is 4.69. The van der Waals surface area contributed by atoms with Crippen molar-refractivity contribution >= 4 is 33.6 Å². The number of hydrogen-bond acceptors (Lipinski definition) is 4. The smallest absolute Gasteiger partial charge is 0.246 e. The molecule has 2 heterocycles. The van der Waals surface area contributed by atoms with E-state index in [1.165, 1.54) is 27.2 Å². The normalized spacial score (nSPS) is 15.3. The van der Waals surface area contributed by atoms with Gasteiger partial charge in [-0.3, -0.25) is 4.79 Å². The summed E-state index contributed by atoms with van der Waals surface area (Å²) in [6.07, 6.45) is 3.01. The Morgan fingerprint density at radius 1 is 1.03 bits per heavy atom. The Balaban J connectivity index is 1.43. The molecule has 0 unspecified atom stereocenters. The van der Waals surface area contributed by atoms with Crippen LogP contribution in [-0.4, -0.2) is 59.5 Å². The first-order valence-corrected chi connectivity index (χ1v) is 12.1. The number of rotatable bonds is 5. The molecule has 0 aliphatic carbocycles. The summed E-state index contributed by atoms with van der Waals surface area (Å²) in [4.78, 5) is 14.5. The van der Waals surface area contributed by atoms with Crippen molar-refractivity contribution in [3.8, 4) is 5.69 Å². The van der Waals surface area contributed by atoms with E-state index in [9.17, 15) is 17.6 Å². The van der Waals surface area contributed by atoms with Crippen molar-refractivity contribution in [2.45, 2.75) is 11.8 Å². The van der Waals surface area contributed by atoms with Crippen LogP contribution in [0.25, 0.3) is 11.8 Å². The molecule has 0 N–H and O–H groups in total. The van der Waals surface area contributed by atoms with Crippen LogP contribution >= 0.6 is 11.6 Å². The van der Waals surface area contributed by atoms with Gasteiger partial charge in [-0.1, -0.05) is 29.8 Å². The highest BCUT2D eigenvalue weighted by molar-refractivity contribution is 7.89. The third-order valence-electron chi connectivity index (χ3n) is 5.44. The Morgan fingerprint density at radius 3 is 2.30 bits per heavy atom. The van der Waals surface area contributed by atoms with E-state index in [1.807, 2.05) is 0 Å². The zero-order valence-electron chi connectivity index (χ0n) is 17.9. The number of carbonyl (C=O) groups excluding carboxylic acids is 1. The molecule has 0 atom stereocenters. The minimum absolute atomic E-state index is 0.221. The van der Waals surface area contributed by atoms with E-state index in [-0.39, 0.29) is 42.8 Å². The first kappa shape index (κ1) is 23.2. The van der Waals surface area contributed by atoms with Gasteiger partial charge in [-0.05, 0) is 49.4 Å². The third kappa shape index (κ3) is 4.85. The second kappa shape index (κ2) is 9.46. The molecule has 1 aliphatic rings. The predicted molar refractivity (Wildman–Crippen MR) is 124 cm³/mol. The summed E-state index contributed by atoms with van der Waals surface area (Å²) in [7, 11) is -3.58. The molecule has 1 saturated heterocycles. The molecule has 172 valence electrons. The van der Waals surface area contributed by atoms with Gasteiger partial charge < -0.3 is 4.90 Å². The highest BCUT2D eigenvalue weighted by Gasteiger charge is 2.29. The van der Waals surface area contributed by atoms with E-state index in [2.05, 4.69) is 5.10 Å². The van der Waals surface area contributed by atoms with E-state index >= 15 is 0 Å². The first-order chi connectivity index (χ1) is 15.8. The van der Waals surface area contributed by atoms with Crippen molar-refractivity contribution < 1.29 is 17.6 Å². The molecule has 1 amide bonds. The number of aryl methyl sites for hydroxylation is 1.